The minimum absolute atomic E-state index is 0.172. The minimum atomic E-state index is -3.58. The van der Waals surface area contributed by atoms with Crippen LogP contribution >= 0.6 is 11.3 Å². The summed E-state index contributed by atoms with van der Waals surface area (Å²) in [6, 6.07) is 5.09. The highest BCUT2D eigenvalue weighted by molar-refractivity contribution is 7.89. The molecular formula is C14H18N2O3S2. The summed E-state index contributed by atoms with van der Waals surface area (Å²) in [4.78, 5) is 5.38. The average molecular weight is 326 g/mol. The second kappa shape index (κ2) is 6.55. The van der Waals surface area contributed by atoms with Gasteiger partial charge in [0.05, 0.1) is 12.1 Å². The Kier molecular flexibility index (Phi) is 4.97. The monoisotopic (exact) mass is 326 g/mol. The smallest absolute Gasteiger partial charge is 0.244 e. The summed E-state index contributed by atoms with van der Waals surface area (Å²) in [5, 5.41) is 0.980. The van der Waals surface area contributed by atoms with Gasteiger partial charge in [0.25, 0.3) is 0 Å². The van der Waals surface area contributed by atoms with Crippen molar-refractivity contribution in [2.75, 3.05) is 13.7 Å². The summed E-state index contributed by atoms with van der Waals surface area (Å²) in [6.07, 6.45) is 2.40. The molecule has 114 valence electrons. The van der Waals surface area contributed by atoms with E-state index in [9.17, 15) is 8.42 Å². The van der Waals surface area contributed by atoms with Crippen LogP contribution in [0.25, 0.3) is 0 Å². The fourth-order valence-electron chi connectivity index (χ4n) is 1.90. The number of ether oxygens (including phenoxy) is 1. The zero-order valence-corrected chi connectivity index (χ0v) is 13.8. The number of benzene rings is 1. The fourth-order valence-corrected chi connectivity index (χ4v) is 3.98. The van der Waals surface area contributed by atoms with Gasteiger partial charge in [-0.2, -0.15) is 0 Å². The van der Waals surface area contributed by atoms with Crippen molar-refractivity contribution in [3.8, 4) is 5.75 Å². The molecule has 1 heterocycles. The molecule has 7 heteroatoms. The fraction of sp³-hybridized carbons (Fsp3) is 0.357. The normalized spacial score (nSPS) is 11.6. The number of aromatic nitrogens is 1. The Morgan fingerprint density at radius 1 is 1.33 bits per heavy atom. The molecule has 0 saturated heterocycles. The Morgan fingerprint density at radius 2 is 2.10 bits per heavy atom. The summed E-state index contributed by atoms with van der Waals surface area (Å²) in [6.45, 7) is 4.11. The molecule has 0 atom stereocenters. The highest BCUT2D eigenvalue weighted by Gasteiger charge is 2.19. The molecule has 0 spiro atoms. The maximum Gasteiger partial charge on any atom is 0.244 e. The molecule has 0 bridgehead atoms. The first-order valence-corrected chi connectivity index (χ1v) is 8.78. The highest BCUT2D eigenvalue weighted by Crippen LogP contribution is 2.24. The maximum absolute atomic E-state index is 12.4. The van der Waals surface area contributed by atoms with Crippen LogP contribution < -0.4 is 9.46 Å². The third-order valence-electron chi connectivity index (χ3n) is 2.94. The van der Waals surface area contributed by atoms with E-state index in [4.69, 9.17) is 4.74 Å². The van der Waals surface area contributed by atoms with E-state index >= 15 is 0 Å². The number of hydrogen-bond donors (Lipinski definition) is 1. The van der Waals surface area contributed by atoms with Gasteiger partial charge in [-0.1, -0.05) is 6.07 Å². The van der Waals surface area contributed by atoms with Crippen molar-refractivity contribution in [2.24, 2.45) is 0 Å². The predicted molar refractivity (Wildman–Crippen MR) is 83.5 cm³/mol. The summed E-state index contributed by atoms with van der Waals surface area (Å²) >= 11 is 1.57. The van der Waals surface area contributed by atoms with Crippen molar-refractivity contribution in [2.45, 2.75) is 25.2 Å². The van der Waals surface area contributed by atoms with E-state index in [0.29, 0.717) is 18.7 Å². The molecule has 0 radical (unpaired) electrons. The summed E-state index contributed by atoms with van der Waals surface area (Å²) < 4.78 is 32.4. The van der Waals surface area contributed by atoms with Gasteiger partial charge in [-0.15, -0.1) is 11.3 Å². The largest absolute Gasteiger partial charge is 0.495 e. The molecule has 1 N–H and O–H groups in total. The molecule has 0 aliphatic carbocycles. The van der Waals surface area contributed by atoms with E-state index in [1.54, 1.807) is 29.7 Å². The van der Waals surface area contributed by atoms with E-state index in [1.165, 1.54) is 7.11 Å². The SMILES string of the molecule is COc1ccc(C)cc1S(=O)(=O)NCCc1cnc(C)s1. The van der Waals surface area contributed by atoms with Gasteiger partial charge >= 0.3 is 0 Å². The Labute approximate surface area is 129 Å². The van der Waals surface area contributed by atoms with Gasteiger partial charge in [0, 0.05) is 17.6 Å². The predicted octanol–water partition coefficient (Wildman–Crippen LogP) is 2.29. The Morgan fingerprint density at radius 3 is 2.71 bits per heavy atom. The van der Waals surface area contributed by atoms with Crippen molar-refractivity contribution >= 4 is 21.4 Å². The Hall–Kier alpha value is -1.44. The highest BCUT2D eigenvalue weighted by atomic mass is 32.2. The first kappa shape index (κ1) is 15.9. The van der Waals surface area contributed by atoms with Crippen LogP contribution in [-0.2, 0) is 16.4 Å². The van der Waals surface area contributed by atoms with Gasteiger partial charge in [0.1, 0.15) is 10.6 Å². The van der Waals surface area contributed by atoms with Gasteiger partial charge in [0.2, 0.25) is 10.0 Å². The topological polar surface area (TPSA) is 68.3 Å². The molecule has 0 saturated carbocycles. The van der Waals surface area contributed by atoms with Crippen molar-refractivity contribution in [1.82, 2.24) is 9.71 Å². The Bertz CT molecular complexity index is 724. The third-order valence-corrected chi connectivity index (χ3v) is 5.40. The number of aryl methyl sites for hydroxylation is 2. The van der Waals surface area contributed by atoms with E-state index in [0.717, 1.165) is 15.4 Å². The van der Waals surface area contributed by atoms with Crippen molar-refractivity contribution in [3.05, 3.63) is 39.8 Å². The zero-order chi connectivity index (χ0) is 15.5. The molecule has 2 rings (SSSR count). The van der Waals surface area contributed by atoms with Gasteiger partial charge in [-0.3, -0.25) is 0 Å². The number of nitrogens with zero attached hydrogens (tertiary/aromatic N) is 1. The lowest BCUT2D eigenvalue weighted by Crippen LogP contribution is -2.26. The lowest BCUT2D eigenvalue weighted by Gasteiger charge is -2.11. The third kappa shape index (κ3) is 4.03. The van der Waals surface area contributed by atoms with Crippen LogP contribution in [-0.4, -0.2) is 27.1 Å². The Balaban J connectivity index is 2.09. The molecule has 0 amide bonds. The summed E-state index contributed by atoms with van der Waals surface area (Å²) in [7, 11) is -2.12. The lowest BCUT2D eigenvalue weighted by molar-refractivity contribution is 0.402. The van der Waals surface area contributed by atoms with Gasteiger partial charge in [-0.25, -0.2) is 18.1 Å². The molecular weight excluding hydrogens is 308 g/mol. The molecule has 2 aromatic rings. The van der Waals surface area contributed by atoms with Gasteiger partial charge < -0.3 is 4.74 Å². The van der Waals surface area contributed by atoms with Gasteiger partial charge in [0.15, 0.2) is 0 Å². The minimum Gasteiger partial charge on any atom is -0.495 e. The second-order valence-electron chi connectivity index (χ2n) is 4.65. The lowest BCUT2D eigenvalue weighted by atomic mass is 10.2. The average Bonchev–Trinajstić information content (AvgIpc) is 2.84. The van der Waals surface area contributed by atoms with Crippen molar-refractivity contribution in [1.29, 1.82) is 0 Å². The molecule has 5 nitrogen and oxygen atoms in total. The standard InChI is InChI=1S/C14H18N2O3S2/c1-10-4-5-13(19-3)14(8-10)21(17,18)16-7-6-12-9-15-11(2)20-12/h4-5,8-9,16H,6-7H2,1-3H3. The quantitative estimate of drug-likeness (QED) is 0.884. The molecule has 21 heavy (non-hydrogen) atoms. The van der Waals surface area contributed by atoms with Crippen LogP contribution in [0.5, 0.6) is 5.75 Å². The maximum atomic E-state index is 12.4. The number of rotatable bonds is 6. The second-order valence-corrected chi connectivity index (χ2v) is 7.70. The van der Waals surface area contributed by atoms with Crippen LogP contribution in [0, 0.1) is 13.8 Å². The zero-order valence-electron chi connectivity index (χ0n) is 12.2. The van der Waals surface area contributed by atoms with E-state index in [1.807, 2.05) is 19.9 Å². The number of methoxy groups -OCH3 is 1. The van der Waals surface area contributed by atoms with Crippen LogP contribution in [0.1, 0.15) is 15.4 Å². The van der Waals surface area contributed by atoms with Crippen LogP contribution in [0.4, 0.5) is 0 Å². The molecule has 0 unspecified atom stereocenters. The molecule has 0 aliphatic rings. The van der Waals surface area contributed by atoms with Crippen molar-refractivity contribution in [3.63, 3.8) is 0 Å². The van der Waals surface area contributed by atoms with E-state index < -0.39 is 10.0 Å². The van der Waals surface area contributed by atoms with Crippen molar-refractivity contribution < 1.29 is 13.2 Å². The first-order valence-electron chi connectivity index (χ1n) is 6.48. The molecule has 1 aromatic heterocycles. The molecule has 0 fully saturated rings. The van der Waals surface area contributed by atoms with Crippen LogP contribution in [0.3, 0.4) is 0 Å². The number of hydrogen-bond acceptors (Lipinski definition) is 5. The summed E-state index contributed by atoms with van der Waals surface area (Å²) in [5.74, 6) is 0.349. The first-order chi connectivity index (χ1) is 9.92. The van der Waals surface area contributed by atoms with E-state index in [2.05, 4.69) is 9.71 Å². The molecule has 1 aromatic carbocycles. The number of thiazole rings is 1. The van der Waals surface area contributed by atoms with Gasteiger partial charge in [-0.05, 0) is 38.0 Å². The van der Waals surface area contributed by atoms with Crippen LogP contribution in [0.2, 0.25) is 0 Å². The molecule has 0 aliphatic heterocycles. The number of nitrogens with one attached hydrogen (secondary N) is 1. The van der Waals surface area contributed by atoms with E-state index in [-0.39, 0.29) is 4.90 Å². The number of sulfonamides is 1. The van der Waals surface area contributed by atoms with Crippen LogP contribution in [0.15, 0.2) is 29.3 Å². The summed E-state index contributed by atoms with van der Waals surface area (Å²) in [5.41, 5.74) is 0.870.